The van der Waals surface area contributed by atoms with Crippen molar-refractivity contribution >= 4 is 17.4 Å². The number of piperidine rings is 1. The number of anilines is 2. The molecule has 4 nitrogen and oxygen atoms in total. The number of amides is 1. The Morgan fingerprint density at radius 1 is 0.929 bits per heavy atom. The summed E-state index contributed by atoms with van der Waals surface area (Å²) in [6.07, 6.45) is 5.41. The van der Waals surface area contributed by atoms with Gasteiger partial charge in [-0.1, -0.05) is 48.5 Å². The van der Waals surface area contributed by atoms with Crippen LogP contribution in [0.15, 0.2) is 79.0 Å². The molecule has 142 valence electrons. The van der Waals surface area contributed by atoms with Crippen molar-refractivity contribution in [1.29, 1.82) is 0 Å². The van der Waals surface area contributed by atoms with Gasteiger partial charge >= 0.3 is 0 Å². The van der Waals surface area contributed by atoms with Gasteiger partial charge in [0.15, 0.2) is 0 Å². The smallest absolute Gasteiger partial charge is 0.256 e. The molecule has 0 aliphatic carbocycles. The fourth-order valence-corrected chi connectivity index (χ4v) is 3.77. The minimum absolute atomic E-state index is 0.137. The Hall–Kier alpha value is -3.14. The summed E-state index contributed by atoms with van der Waals surface area (Å²) < 4.78 is 0. The van der Waals surface area contributed by atoms with Gasteiger partial charge in [0.05, 0.1) is 11.9 Å². The predicted molar refractivity (Wildman–Crippen MR) is 114 cm³/mol. The first-order valence-electron chi connectivity index (χ1n) is 9.89. The van der Waals surface area contributed by atoms with E-state index in [-0.39, 0.29) is 5.91 Å². The van der Waals surface area contributed by atoms with Crippen LogP contribution in [-0.2, 0) is 6.42 Å². The van der Waals surface area contributed by atoms with Gasteiger partial charge in [0.1, 0.15) is 5.82 Å². The predicted octanol–water partition coefficient (Wildman–Crippen LogP) is 4.79. The highest BCUT2D eigenvalue weighted by Gasteiger charge is 2.20. The van der Waals surface area contributed by atoms with Crippen molar-refractivity contribution in [2.75, 3.05) is 23.3 Å². The van der Waals surface area contributed by atoms with E-state index in [0.717, 1.165) is 31.1 Å². The summed E-state index contributed by atoms with van der Waals surface area (Å²) in [4.78, 5) is 19.0. The summed E-state index contributed by atoms with van der Waals surface area (Å²) >= 11 is 0. The van der Waals surface area contributed by atoms with E-state index in [0.29, 0.717) is 11.4 Å². The molecule has 4 rings (SSSR count). The Kier molecular flexibility index (Phi) is 5.66. The first-order valence-corrected chi connectivity index (χ1v) is 9.89. The van der Waals surface area contributed by atoms with Gasteiger partial charge in [0, 0.05) is 18.7 Å². The van der Waals surface area contributed by atoms with E-state index in [2.05, 4.69) is 45.5 Å². The van der Waals surface area contributed by atoms with E-state index in [1.54, 1.807) is 12.1 Å². The number of rotatable bonds is 5. The number of nitrogens with one attached hydrogen (secondary N) is 1. The molecular formula is C24H25N3O. The summed E-state index contributed by atoms with van der Waals surface area (Å²) in [6, 6.07) is 23.9. The van der Waals surface area contributed by atoms with Gasteiger partial charge in [-0.05, 0) is 55.0 Å². The first kappa shape index (κ1) is 18.2. The van der Waals surface area contributed by atoms with Gasteiger partial charge in [-0.2, -0.15) is 0 Å². The highest BCUT2D eigenvalue weighted by molar-refractivity contribution is 6.03. The lowest BCUT2D eigenvalue weighted by atomic mass is 9.90. The summed E-state index contributed by atoms with van der Waals surface area (Å²) in [7, 11) is 0. The second kappa shape index (κ2) is 8.70. The van der Waals surface area contributed by atoms with Gasteiger partial charge in [-0.25, -0.2) is 4.98 Å². The van der Waals surface area contributed by atoms with E-state index >= 15 is 0 Å². The normalized spacial score (nSPS) is 14.6. The third-order valence-electron chi connectivity index (χ3n) is 5.37. The van der Waals surface area contributed by atoms with Crippen LogP contribution in [0, 0.1) is 5.92 Å². The largest absolute Gasteiger partial charge is 0.370 e. The van der Waals surface area contributed by atoms with Crippen LogP contribution in [0.1, 0.15) is 28.8 Å². The Balaban J connectivity index is 1.30. The summed E-state index contributed by atoms with van der Waals surface area (Å²) in [5.41, 5.74) is 3.19. The Labute approximate surface area is 166 Å². The molecule has 4 heteroatoms. The van der Waals surface area contributed by atoms with Gasteiger partial charge < -0.3 is 10.2 Å². The molecule has 2 heterocycles. The quantitative estimate of drug-likeness (QED) is 0.701. The average Bonchev–Trinajstić information content (AvgIpc) is 2.76. The molecule has 0 spiro atoms. The SMILES string of the molecule is O=C(Nc1ccc(N2CCC(Cc3ccccc3)CC2)cn1)c1ccccc1. The van der Waals surface area contributed by atoms with Crippen LogP contribution < -0.4 is 10.2 Å². The van der Waals surface area contributed by atoms with E-state index in [1.165, 1.54) is 18.4 Å². The van der Waals surface area contributed by atoms with Gasteiger partial charge in [-0.15, -0.1) is 0 Å². The second-order valence-corrected chi connectivity index (χ2v) is 7.34. The maximum absolute atomic E-state index is 12.2. The number of nitrogens with zero attached hydrogens (tertiary/aromatic N) is 2. The molecule has 0 unspecified atom stereocenters. The van der Waals surface area contributed by atoms with E-state index in [9.17, 15) is 4.79 Å². The fraction of sp³-hybridized carbons (Fsp3) is 0.250. The molecule has 1 fully saturated rings. The summed E-state index contributed by atoms with van der Waals surface area (Å²) in [5.74, 6) is 1.19. The fourth-order valence-electron chi connectivity index (χ4n) is 3.77. The van der Waals surface area contributed by atoms with Gasteiger partial charge in [0.2, 0.25) is 0 Å². The highest BCUT2D eigenvalue weighted by atomic mass is 16.1. The van der Waals surface area contributed by atoms with Crippen LogP contribution >= 0.6 is 0 Å². The number of benzene rings is 2. The topological polar surface area (TPSA) is 45.2 Å². The van der Waals surface area contributed by atoms with Crippen molar-refractivity contribution in [2.24, 2.45) is 5.92 Å². The first-order chi connectivity index (χ1) is 13.8. The lowest BCUT2D eigenvalue weighted by Crippen LogP contribution is -2.34. The molecule has 2 aromatic carbocycles. The van der Waals surface area contributed by atoms with Crippen molar-refractivity contribution in [3.63, 3.8) is 0 Å². The van der Waals surface area contributed by atoms with Crippen LogP contribution in [0.25, 0.3) is 0 Å². The van der Waals surface area contributed by atoms with E-state index < -0.39 is 0 Å². The second-order valence-electron chi connectivity index (χ2n) is 7.34. The lowest BCUT2D eigenvalue weighted by Gasteiger charge is -2.33. The molecule has 1 saturated heterocycles. The number of pyridine rings is 1. The molecule has 1 aromatic heterocycles. The average molecular weight is 371 g/mol. The van der Waals surface area contributed by atoms with Crippen molar-refractivity contribution in [2.45, 2.75) is 19.3 Å². The minimum atomic E-state index is -0.137. The van der Waals surface area contributed by atoms with Gasteiger partial charge in [-0.3, -0.25) is 4.79 Å². The van der Waals surface area contributed by atoms with Crippen LogP contribution in [0.2, 0.25) is 0 Å². The number of hydrogen-bond donors (Lipinski definition) is 1. The molecule has 0 bridgehead atoms. The monoisotopic (exact) mass is 371 g/mol. The Morgan fingerprint density at radius 3 is 2.25 bits per heavy atom. The molecule has 0 atom stereocenters. The summed E-state index contributed by atoms with van der Waals surface area (Å²) in [5, 5.41) is 2.85. The summed E-state index contributed by atoms with van der Waals surface area (Å²) in [6.45, 7) is 2.10. The number of hydrogen-bond acceptors (Lipinski definition) is 3. The molecular weight excluding hydrogens is 346 g/mol. The molecule has 1 aliphatic heterocycles. The van der Waals surface area contributed by atoms with E-state index in [4.69, 9.17) is 0 Å². The number of carbonyl (C=O) groups is 1. The third-order valence-corrected chi connectivity index (χ3v) is 5.37. The van der Waals surface area contributed by atoms with Crippen molar-refractivity contribution < 1.29 is 4.79 Å². The molecule has 1 N–H and O–H groups in total. The van der Waals surface area contributed by atoms with Crippen molar-refractivity contribution in [1.82, 2.24) is 4.98 Å². The molecule has 1 amide bonds. The van der Waals surface area contributed by atoms with Crippen LogP contribution in [-0.4, -0.2) is 24.0 Å². The zero-order valence-corrected chi connectivity index (χ0v) is 15.9. The zero-order valence-electron chi connectivity index (χ0n) is 15.9. The standard InChI is InChI=1S/C24H25N3O/c28-24(21-9-5-2-6-10-21)26-23-12-11-22(18-25-23)27-15-13-20(14-16-27)17-19-7-3-1-4-8-19/h1-12,18,20H,13-17H2,(H,25,26,28). The zero-order chi connectivity index (χ0) is 19.2. The maximum Gasteiger partial charge on any atom is 0.256 e. The Morgan fingerprint density at radius 2 is 1.61 bits per heavy atom. The third kappa shape index (κ3) is 4.58. The van der Waals surface area contributed by atoms with Crippen LogP contribution in [0.3, 0.4) is 0 Å². The maximum atomic E-state index is 12.2. The van der Waals surface area contributed by atoms with Crippen LogP contribution in [0.5, 0.6) is 0 Å². The van der Waals surface area contributed by atoms with Crippen LogP contribution in [0.4, 0.5) is 11.5 Å². The van der Waals surface area contributed by atoms with E-state index in [1.807, 2.05) is 36.5 Å². The molecule has 1 aliphatic rings. The number of aromatic nitrogens is 1. The molecule has 0 radical (unpaired) electrons. The van der Waals surface area contributed by atoms with Crippen molar-refractivity contribution in [3.8, 4) is 0 Å². The molecule has 0 saturated carbocycles. The van der Waals surface area contributed by atoms with Gasteiger partial charge in [0.25, 0.3) is 5.91 Å². The lowest BCUT2D eigenvalue weighted by molar-refractivity contribution is 0.102. The van der Waals surface area contributed by atoms with Crippen molar-refractivity contribution in [3.05, 3.63) is 90.1 Å². The highest BCUT2D eigenvalue weighted by Crippen LogP contribution is 2.26. The molecule has 3 aromatic rings. The minimum Gasteiger partial charge on any atom is -0.370 e. The number of carbonyl (C=O) groups excluding carboxylic acids is 1. The Bertz CT molecular complexity index is 886. The molecule has 28 heavy (non-hydrogen) atoms.